The van der Waals surface area contributed by atoms with Crippen LogP contribution in [0.1, 0.15) is 0 Å². The summed E-state index contributed by atoms with van der Waals surface area (Å²) in [6, 6.07) is 7.16. The second-order valence-electron chi connectivity index (χ2n) is 2.94. The molecular formula is C10H9NO3S. The number of ether oxygens (including phenoxy) is 1. The van der Waals surface area contributed by atoms with Gasteiger partial charge >= 0.3 is 0 Å². The van der Waals surface area contributed by atoms with Crippen molar-refractivity contribution in [2.24, 2.45) is 0 Å². The van der Waals surface area contributed by atoms with Gasteiger partial charge in [-0.3, -0.25) is 5.32 Å². The molecule has 0 radical (unpaired) electrons. The number of aliphatic hydroxyl groups is 1. The normalized spacial score (nSPS) is 10.2. The Morgan fingerprint density at radius 3 is 2.93 bits per heavy atom. The fourth-order valence-electron chi connectivity index (χ4n) is 1.32. The van der Waals surface area contributed by atoms with Crippen LogP contribution < -0.4 is 10.1 Å². The third-order valence-electron chi connectivity index (χ3n) is 1.95. The molecule has 0 spiro atoms. The van der Waals surface area contributed by atoms with Gasteiger partial charge < -0.3 is 14.3 Å². The Kier molecular flexibility index (Phi) is 2.47. The summed E-state index contributed by atoms with van der Waals surface area (Å²) in [5.74, 6) is 1.16. The first-order valence-corrected chi connectivity index (χ1v) is 4.67. The highest BCUT2D eigenvalue weighted by atomic mass is 32.1. The highest BCUT2D eigenvalue weighted by molar-refractivity contribution is 7.80. The van der Waals surface area contributed by atoms with E-state index < -0.39 is 0 Å². The minimum atomic E-state index is -0.318. The molecule has 0 unspecified atom stereocenters. The molecule has 5 heteroatoms. The summed E-state index contributed by atoms with van der Waals surface area (Å²) in [6.45, 7) is 0. The molecule has 2 N–H and O–H groups in total. The molecule has 0 fully saturated rings. The Morgan fingerprint density at radius 1 is 1.47 bits per heavy atom. The van der Waals surface area contributed by atoms with Gasteiger partial charge in [-0.1, -0.05) is 0 Å². The summed E-state index contributed by atoms with van der Waals surface area (Å²) in [5, 5.41) is 11.9. The smallest absolute Gasteiger partial charge is 0.261 e. The van der Waals surface area contributed by atoms with E-state index in [-0.39, 0.29) is 5.17 Å². The summed E-state index contributed by atoms with van der Waals surface area (Å²) in [6.07, 6.45) is 0. The number of rotatable bonds is 2. The lowest BCUT2D eigenvalue weighted by Crippen LogP contribution is -2.05. The summed E-state index contributed by atoms with van der Waals surface area (Å²) in [5.41, 5.74) is 0.703. The zero-order chi connectivity index (χ0) is 10.8. The van der Waals surface area contributed by atoms with Crippen LogP contribution in [0, 0.1) is 0 Å². The fraction of sp³-hybridized carbons (Fsp3) is 0.100. The highest BCUT2D eigenvalue weighted by Gasteiger charge is 2.05. The molecule has 0 saturated carbocycles. The van der Waals surface area contributed by atoms with Crippen molar-refractivity contribution in [1.82, 2.24) is 0 Å². The summed E-state index contributed by atoms with van der Waals surface area (Å²) in [7, 11) is 1.60. The third kappa shape index (κ3) is 2.02. The lowest BCUT2D eigenvalue weighted by atomic mass is 10.2. The standard InChI is InChI=1S/C10H9NO3S/c1-13-7-2-3-8-6(4-7)5-9(14-8)11-10(12)15/h2-5H,1H3,(H2,11,12,15). The van der Waals surface area contributed by atoms with E-state index in [1.165, 1.54) is 0 Å². The molecule has 78 valence electrons. The lowest BCUT2D eigenvalue weighted by Gasteiger charge is -1.96. The fourth-order valence-corrected chi connectivity index (χ4v) is 1.42. The number of fused-ring (bicyclic) bond motifs is 1. The molecule has 1 aromatic heterocycles. The van der Waals surface area contributed by atoms with Crippen molar-refractivity contribution >= 4 is 34.2 Å². The Balaban J connectivity index is 2.42. The van der Waals surface area contributed by atoms with E-state index in [1.54, 1.807) is 25.3 Å². The van der Waals surface area contributed by atoms with Gasteiger partial charge in [0.25, 0.3) is 5.17 Å². The second kappa shape index (κ2) is 3.78. The van der Waals surface area contributed by atoms with Gasteiger partial charge in [-0.25, -0.2) is 0 Å². The van der Waals surface area contributed by atoms with E-state index >= 15 is 0 Å². The van der Waals surface area contributed by atoms with Crippen molar-refractivity contribution in [3.8, 4) is 5.75 Å². The maximum absolute atomic E-state index is 8.87. The number of nitrogens with one attached hydrogen (secondary N) is 1. The lowest BCUT2D eigenvalue weighted by molar-refractivity contribution is 0.415. The van der Waals surface area contributed by atoms with Crippen LogP contribution in [-0.4, -0.2) is 17.4 Å². The first-order valence-electron chi connectivity index (χ1n) is 4.26. The van der Waals surface area contributed by atoms with Crippen LogP contribution in [0.15, 0.2) is 28.7 Å². The number of furan rings is 1. The van der Waals surface area contributed by atoms with Gasteiger partial charge in [0.05, 0.1) is 7.11 Å². The van der Waals surface area contributed by atoms with E-state index in [0.717, 1.165) is 11.1 Å². The number of thiocarbonyl (C=S) groups is 1. The zero-order valence-corrected chi connectivity index (χ0v) is 8.80. The maximum Gasteiger partial charge on any atom is 0.261 e. The molecule has 0 amide bonds. The highest BCUT2D eigenvalue weighted by Crippen LogP contribution is 2.26. The van der Waals surface area contributed by atoms with Crippen LogP contribution in [0.3, 0.4) is 0 Å². The van der Waals surface area contributed by atoms with Crippen LogP contribution in [-0.2, 0) is 0 Å². The Hall–Kier alpha value is -1.75. The molecule has 15 heavy (non-hydrogen) atoms. The van der Waals surface area contributed by atoms with E-state index in [0.29, 0.717) is 11.5 Å². The molecule has 1 heterocycles. The van der Waals surface area contributed by atoms with Gasteiger partial charge in [-0.2, -0.15) is 0 Å². The van der Waals surface area contributed by atoms with Crippen molar-refractivity contribution in [3.63, 3.8) is 0 Å². The van der Waals surface area contributed by atoms with E-state index in [2.05, 4.69) is 17.5 Å². The first-order chi connectivity index (χ1) is 7.19. The van der Waals surface area contributed by atoms with Gasteiger partial charge in [0, 0.05) is 11.5 Å². The second-order valence-corrected chi connectivity index (χ2v) is 3.33. The number of methoxy groups -OCH3 is 1. The average molecular weight is 223 g/mol. The molecule has 0 aliphatic heterocycles. The van der Waals surface area contributed by atoms with Crippen LogP contribution in [0.25, 0.3) is 11.0 Å². The number of aliphatic hydroxyl groups excluding tert-OH is 1. The van der Waals surface area contributed by atoms with Crippen LogP contribution in [0.2, 0.25) is 0 Å². The summed E-state index contributed by atoms with van der Waals surface area (Å²) in [4.78, 5) is 0. The molecule has 0 bridgehead atoms. The van der Waals surface area contributed by atoms with Crippen LogP contribution >= 0.6 is 12.2 Å². The molecule has 0 atom stereocenters. The molecule has 2 aromatic rings. The van der Waals surface area contributed by atoms with E-state index in [9.17, 15) is 0 Å². The van der Waals surface area contributed by atoms with Crippen LogP contribution in [0.4, 0.5) is 5.88 Å². The predicted octanol–water partition coefficient (Wildman–Crippen LogP) is 2.70. The molecule has 4 nitrogen and oxygen atoms in total. The number of anilines is 1. The number of benzene rings is 1. The first kappa shape index (κ1) is 9.79. The van der Waals surface area contributed by atoms with Gasteiger partial charge in [-0.15, -0.1) is 0 Å². The van der Waals surface area contributed by atoms with E-state index in [1.807, 2.05) is 6.07 Å². The van der Waals surface area contributed by atoms with E-state index in [4.69, 9.17) is 14.3 Å². The van der Waals surface area contributed by atoms with Crippen molar-refractivity contribution in [1.29, 1.82) is 0 Å². The number of hydrogen-bond donors (Lipinski definition) is 2. The van der Waals surface area contributed by atoms with Gasteiger partial charge in [0.2, 0.25) is 5.88 Å². The Morgan fingerprint density at radius 2 is 2.27 bits per heavy atom. The monoisotopic (exact) mass is 223 g/mol. The molecule has 0 aliphatic rings. The topological polar surface area (TPSA) is 54.6 Å². The SMILES string of the molecule is COc1ccc2oc(NC(O)=S)cc2c1. The quantitative estimate of drug-likeness (QED) is 0.766. The van der Waals surface area contributed by atoms with Crippen molar-refractivity contribution in [3.05, 3.63) is 24.3 Å². The molecular weight excluding hydrogens is 214 g/mol. The minimum Gasteiger partial charge on any atom is -0.497 e. The Labute approximate surface area is 91.5 Å². The Bertz CT molecular complexity index is 506. The van der Waals surface area contributed by atoms with Crippen molar-refractivity contribution in [2.45, 2.75) is 0 Å². The largest absolute Gasteiger partial charge is 0.497 e. The number of hydrogen-bond acceptors (Lipinski definition) is 3. The van der Waals surface area contributed by atoms with Gasteiger partial charge in [0.15, 0.2) is 0 Å². The van der Waals surface area contributed by atoms with Gasteiger partial charge in [0.1, 0.15) is 11.3 Å². The van der Waals surface area contributed by atoms with Crippen LogP contribution in [0.5, 0.6) is 5.75 Å². The molecule has 0 aliphatic carbocycles. The van der Waals surface area contributed by atoms with Crippen molar-refractivity contribution in [2.75, 3.05) is 12.4 Å². The summed E-state index contributed by atoms with van der Waals surface area (Å²) >= 11 is 4.49. The molecule has 0 saturated heterocycles. The maximum atomic E-state index is 8.87. The predicted molar refractivity (Wildman–Crippen MR) is 61.6 cm³/mol. The average Bonchev–Trinajstić information content (AvgIpc) is 2.57. The van der Waals surface area contributed by atoms with Crippen molar-refractivity contribution < 1.29 is 14.3 Å². The third-order valence-corrected chi connectivity index (χ3v) is 2.06. The molecule has 2 rings (SSSR count). The zero-order valence-electron chi connectivity index (χ0n) is 7.98. The summed E-state index contributed by atoms with van der Waals surface area (Å²) < 4.78 is 10.4. The molecule has 1 aromatic carbocycles. The van der Waals surface area contributed by atoms with Gasteiger partial charge in [-0.05, 0) is 30.4 Å². The minimum absolute atomic E-state index is 0.318.